The van der Waals surface area contributed by atoms with Crippen LogP contribution in [0.15, 0.2) is 42.7 Å². The van der Waals surface area contributed by atoms with Gasteiger partial charge in [-0.3, -0.25) is 14.5 Å². The van der Waals surface area contributed by atoms with Crippen LogP contribution in [-0.4, -0.2) is 57.0 Å². The van der Waals surface area contributed by atoms with E-state index in [1.165, 1.54) is 29.3 Å². The highest BCUT2D eigenvalue weighted by molar-refractivity contribution is 5.96. The van der Waals surface area contributed by atoms with Crippen molar-refractivity contribution in [1.29, 1.82) is 0 Å². The average Bonchev–Trinajstić information content (AvgIpc) is 3.27. The summed E-state index contributed by atoms with van der Waals surface area (Å²) in [4.78, 5) is 40.9. The monoisotopic (exact) mass is 471 g/mol. The molecule has 1 aliphatic heterocycles. The van der Waals surface area contributed by atoms with Crippen LogP contribution in [0.4, 0.5) is 8.92 Å². The Morgan fingerprint density at radius 3 is 2.62 bits per heavy atom. The first kappa shape index (κ1) is 23.1. The molecule has 1 saturated heterocycles. The van der Waals surface area contributed by atoms with Crippen LogP contribution in [0.2, 0.25) is 0 Å². The number of rotatable bonds is 7. The average molecular weight is 471 g/mol. The van der Waals surface area contributed by atoms with Crippen LogP contribution < -0.4 is 15.4 Å². The smallest absolute Gasteiger partial charge is 0.254 e. The maximum absolute atomic E-state index is 14.9. The number of hydrogen-bond donors (Lipinski definition) is 2. The first-order valence-corrected chi connectivity index (χ1v) is 10.6. The number of aromatic amines is 1. The van der Waals surface area contributed by atoms with Crippen LogP contribution in [0, 0.1) is 6.92 Å². The summed E-state index contributed by atoms with van der Waals surface area (Å²) in [7, 11) is 0. The van der Waals surface area contributed by atoms with Gasteiger partial charge in [-0.05, 0) is 30.7 Å². The van der Waals surface area contributed by atoms with Gasteiger partial charge in [0.25, 0.3) is 5.91 Å². The number of aryl methyl sites for hydroxylation is 1. The number of amides is 2. The van der Waals surface area contributed by atoms with E-state index >= 15 is 0 Å². The largest absolute Gasteiger partial charge is 0.471 e. The molecule has 3 heterocycles. The number of benzene rings is 1. The fraction of sp³-hybridized carbons (Fsp3) is 0.304. The van der Waals surface area contributed by atoms with Gasteiger partial charge in [0.15, 0.2) is 11.9 Å². The molecule has 2 unspecified atom stereocenters. The molecule has 4 rings (SSSR count). The fourth-order valence-corrected chi connectivity index (χ4v) is 3.77. The van der Waals surface area contributed by atoms with Gasteiger partial charge in [0, 0.05) is 29.3 Å². The van der Waals surface area contributed by atoms with E-state index < -0.39 is 18.2 Å². The third kappa shape index (κ3) is 5.13. The Bertz CT molecular complexity index is 1180. The van der Waals surface area contributed by atoms with E-state index in [2.05, 4.69) is 19.9 Å². The SMILES string of the molecule is Cc1ncc(-c2cnc(OC3CCN(C(=O)Cc4ccc(OF)cc4)CC3F)c(C(N)=O)c2)[nH]1. The van der Waals surface area contributed by atoms with Crippen molar-refractivity contribution < 1.29 is 28.2 Å². The van der Waals surface area contributed by atoms with Gasteiger partial charge >= 0.3 is 0 Å². The molecule has 0 aliphatic carbocycles. The second-order valence-corrected chi connectivity index (χ2v) is 8.02. The molecule has 34 heavy (non-hydrogen) atoms. The third-order valence-corrected chi connectivity index (χ3v) is 5.60. The molecule has 11 heteroatoms. The Morgan fingerprint density at radius 1 is 1.24 bits per heavy atom. The minimum absolute atomic E-state index is 0.0242. The Labute approximate surface area is 193 Å². The predicted octanol–water partition coefficient (Wildman–Crippen LogP) is 2.70. The van der Waals surface area contributed by atoms with Crippen LogP contribution in [0.5, 0.6) is 11.6 Å². The summed E-state index contributed by atoms with van der Waals surface area (Å²) in [6.07, 6.45) is 0.967. The summed E-state index contributed by atoms with van der Waals surface area (Å²) >= 11 is 0. The van der Waals surface area contributed by atoms with Gasteiger partial charge in [-0.15, -0.1) is 0 Å². The van der Waals surface area contributed by atoms with Crippen molar-refractivity contribution in [3.63, 3.8) is 0 Å². The molecule has 0 spiro atoms. The molecule has 0 saturated carbocycles. The number of nitrogens with one attached hydrogen (secondary N) is 1. The predicted molar refractivity (Wildman–Crippen MR) is 117 cm³/mol. The molecule has 1 fully saturated rings. The summed E-state index contributed by atoms with van der Waals surface area (Å²) in [5.74, 6) is -0.342. The van der Waals surface area contributed by atoms with Crippen molar-refractivity contribution in [2.45, 2.75) is 32.0 Å². The fourth-order valence-electron chi connectivity index (χ4n) is 3.77. The van der Waals surface area contributed by atoms with Gasteiger partial charge in [-0.2, -0.15) is 0 Å². The van der Waals surface area contributed by atoms with Gasteiger partial charge < -0.3 is 20.4 Å². The molecular formula is C23H23F2N5O4. The summed E-state index contributed by atoms with van der Waals surface area (Å²) in [5.41, 5.74) is 7.42. The molecule has 2 aromatic heterocycles. The molecule has 0 bridgehead atoms. The number of hydrogen-bond acceptors (Lipinski definition) is 6. The molecule has 0 radical (unpaired) electrons. The van der Waals surface area contributed by atoms with E-state index in [9.17, 15) is 18.5 Å². The van der Waals surface area contributed by atoms with Gasteiger partial charge in [0.2, 0.25) is 11.8 Å². The number of carbonyl (C=O) groups is 2. The normalized spacial score (nSPS) is 17.9. The number of aromatic nitrogens is 3. The Balaban J connectivity index is 1.40. The number of carbonyl (C=O) groups excluding carboxylic acids is 2. The maximum atomic E-state index is 14.9. The molecule has 3 aromatic rings. The van der Waals surface area contributed by atoms with Crippen molar-refractivity contribution >= 4 is 11.8 Å². The van der Waals surface area contributed by atoms with E-state index in [0.717, 1.165) is 0 Å². The second kappa shape index (κ2) is 9.86. The number of halogens is 2. The second-order valence-electron chi connectivity index (χ2n) is 8.02. The molecular weight excluding hydrogens is 448 g/mol. The molecule has 3 N–H and O–H groups in total. The minimum Gasteiger partial charge on any atom is -0.471 e. The summed E-state index contributed by atoms with van der Waals surface area (Å²) in [6.45, 7) is 1.90. The topological polar surface area (TPSA) is 123 Å². The van der Waals surface area contributed by atoms with E-state index in [1.807, 2.05) is 0 Å². The quantitative estimate of drug-likeness (QED) is 0.546. The summed E-state index contributed by atoms with van der Waals surface area (Å²) in [6, 6.07) is 7.47. The molecule has 2 atom stereocenters. The van der Waals surface area contributed by atoms with Gasteiger partial charge in [0.1, 0.15) is 17.5 Å². The zero-order chi connectivity index (χ0) is 24.2. The Hall–Kier alpha value is -4.02. The van der Waals surface area contributed by atoms with Crippen LogP contribution in [-0.2, 0) is 11.2 Å². The first-order valence-electron chi connectivity index (χ1n) is 10.6. The lowest BCUT2D eigenvalue weighted by atomic mass is 10.0. The van der Waals surface area contributed by atoms with E-state index in [1.54, 1.807) is 25.3 Å². The van der Waals surface area contributed by atoms with Crippen molar-refractivity contribution in [3.8, 4) is 22.9 Å². The van der Waals surface area contributed by atoms with Crippen molar-refractivity contribution in [2.24, 2.45) is 5.73 Å². The van der Waals surface area contributed by atoms with Crippen molar-refractivity contribution in [1.82, 2.24) is 19.9 Å². The highest BCUT2D eigenvalue weighted by atomic mass is 19.3. The first-order chi connectivity index (χ1) is 16.3. The number of nitrogens with two attached hydrogens (primary N) is 1. The molecule has 1 aliphatic rings. The molecule has 2 amide bonds. The highest BCUT2D eigenvalue weighted by Gasteiger charge is 2.34. The van der Waals surface area contributed by atoms with E-state index in [4.69, 9.17) is 10.5 Å². The van der Waals surface area contributed by atoms with Crippen LogP contribution in [0.25, 0.3) is 11.3 Å². The van der Waals surface area contributed by atoms with Gasteiger partial charge in [0.05, 0.1) is 24.9 Å². The maximum Gasteiger partial charge on any atom is 0.254 e. The number of pyridine rings is 1. The van der Waals surface area contributed by atoms with E-state index in [0.29, 0.717) is 22.6 Å². The number of ether oxygens (including phenoxy) is 1. The minimum atomic E-state index is -1.49. The number of H-pyrrole nitrogens is 1. The summed E-state index contributed by atoms with van der Waals surface area (Å²) < 4.78 is 32.8. The number of alkyl halides is 1. The van der Waals surface area contributed by atoms with Gasteiger partial charge in [-0.25, -0.2) is 14.4 Å². The summed E-state index contributed by atoms with van der Waals surface area (Å²) in [5, 5.41) is 0. The number of imidazole rings is 1. The third-order valence-electron chi connectivity index (χ3n) is 5.60. The Morgan fingerprint density at radius 2 is 2.00 bits per heavy atom. The number of primary amides is 1. The Kier molecular flexibility index (Phi) is 6.71. The molecule has 178 valence electrons. The molecule has 1 aromatic carbocycles. The van der Waals surface area contributed by atoms with Crippen LogP contribution in [0.3, 0.4) is 0 Å². The lowest BCUT2D eigenvalue weighted by molar-refractivity contribution is -0.134. The zero-order valence-corrected chi connectivity index (χ0v) is 18.3. The van der Waals surface area contributed by atoms with Gasteiger partial charge in [-0.1, -0.05) is 12.1 Å². The lowest BCUT2D eigenvalue weighted by Gasteiger charge is -2.34. The van der Waals surface area contributed by atoms with Crippen molar-refractivity contribution in [2.75, 3.05) is 13.1 Å². The lowest BCUT2D eigenvalue weighted by Crippen LogP contribution is -2.49. The standard InChI is InChI=1S/C23H23F2N5O4/c1-13-27-11-19(29-13)15-9-17(22(26)32)23(28-10-15)33-20-6-7-30(12-18(20)24)21(31)8-14-2-4-16(34-25)5-3-14/h2-5,9-11,18,20H,6-8,12H2,1H3,(H2,26,32)(H,27,29). The number of likely N-dealkylation sites (tertiary alicyclic amines) is 1. The van der Waals surface area contributed by atoms with Crippen LogP contribution >= 0.6 is 0 Å². The van der Waals surface area contributed by atoms with Crippen molar-refractivity contribution in [3.05, 3.63) is 59.7 Å². The zero-order valence-electron chi connectivity index (χ0n) is 18.3. The van der Waals surface area contributed by atoms with E-state index in [-0.39, 0.29) is 49.0 Å². The number of piperidine rings is 1. The highest BCUT2D eigenvalue weighted by Crippen LogP contribution is 2.27. The van der Waals surface area contributed by atoms with Crippen LogP contribution in [0.1, 0.15) is 28.2 Å². The number of nitrogens with zero attached hydrogens (tertiary/aromatic N) is 3. The molecule has 9 nitrogen and oxygen atoms in total.